The SMILES string of the molecule is CCOc1cc2c(cc1OCC)-n1cccc1C(c1ccc(F)cc1)NC2. The van der Waals surface area contributed by atoms with E-state index in [1.165, 1.54) is 12.1 Å². The van der Waals surface area contributed by atoms with Crippen molar-refractivity contribution in [3.8, 4) is 17.2 Å². The Hall–Kier alpha value is -2.79. The second kappa shape index (κ2) is 7.45. The van der Waals surface area contributed by atoms with Gasteiger partial charge in [-0.05, 0) is 55.3 Å². The number of nitrogens with one attached hydrogen (secondary N) is 1. The van der Waals surface area contributed by atoms with Gasteiger partial charge < -0.3 is 19.4 Å². The maximum Gasteiger partial charge on any atom is 0.163 e. The normalized spacial score (nSPS) is 15.6. The van der Waals surface area contributed by atoms with Crippen molar-refractivity contribution in [3.05, 3.63) is 77.4 Å². The first-order valence-corrected chi connectivity index (χ1v) is 9.30. The van der Waals surface area contributed by atoms with E-state index in [0.717, 1.165) is 34.0 Å². The van der Waals surface area contributed by atoms with Gasteiger partial charge in [-0.25, -0.2) is 4.39 Å². The number of hydrogen-bond donors (Lipinski definition) is 1. The fraction of sp³-hybridized carbons (Fsp3) is 0.273. The molecule has 1 aliphatic heterocycles. The molecule has 4 nitrogen and oxygen atoms in total. The molecule has 0 saturated heterocycles. The van der Waals surface area contributed by atoms with Gasteiger partial charge in [-0.3, -0.25) is 0 Å². The van der Waals surface area contributed by atoms with Crippen LogP contribution < -0.4 is 14.8 Å². The lowest BCUT2D eigenvalue weighted by Crippen LogP contribution is -2.21. The summed E-state index contributed by atoms with van der Waals surface area (Å²) in [7, 11) is 0. The first-order valence-electron chi connectivity index (χ1n) is 9.30. The minimum atomic E-state index is -0.228. The molecule has 1 unspecified atom stereocenters. The largest absolute Gasteiger partial charge is 0.490 e. The van der Waals surface area contributed by atoms with Crippen LogP contribution in [0.5, 0.6) is 11.5 Å². The van der Waals surface area contributed by atoms with E-state index in [1.807, 2.05) is 50.4 Å². The van der Waals surface area contributed by atoms with Crippen LogP contribution in [-0.2, 0) is 6.54 Å². The fourth-order valence-corrected chi connectivity index (χ4v) is 3.60. The molecule has 1 aromatic heterocycles. The van der Waals surface area contributed by atoms with Gasteiger partial charge in [0, 0.05) is 24.5 Å². The van der Waals surface area contributed by atoms with Crippen molar-refractivity contribution in [1.29, 1.82) is 0 Å². The number of fused-ring (bicyclic) bond motifs is 3. The molecule has 4 rings (SSSR count). The number of nitrogens with zero attached hydrogens (tertiary/aromatic N) is 1. The van der Waals surface area contributed by atoms with E-state index in [0.29, 0.717) is 19.8 Å². The highest BCUT2D eigenvalue weighted by Gasteiger charge is 2.24. The Bertz CT molecular complexity index is 934. The minimum absolute atomic E-state index is 0.0286. The van der Waals surface area contributed by atoms with E-state index >= 15 is 0 Å². The lowest BCUT2D eigenvalue weighted by Gasteiger charge is -2.18. The Kier molecular flexibility index (Phi) is 4.86. The smallest absolute Gasteiger partial charge is 0.163 e. The quantitative estimate of drug-likeness (QED) is 0.716. The number of rotatable bonds is 5. The summed E-state index contributed by atoms with van der Waals surface area (Å²) in [5.41, 5.74) is 4.33. The van der Waals surface area contributed by atoms with E-state index in [9.17, 15) is 4.39 Å². The summed E-state index contributed by atoms with van der Waals surface area (Å²) >= 11 is 0. The van der Waals surface area contributed by atoms with Crippen LogP contribution in [0.4, 0.5) is 4.39 Å². The molecule has 140 valence electrons. The molecular weight excluding hydrogens is 343 g/mol. The van der Waals surface area contributed by atoms with Crippen molar-refractivity contribution >= 4 is 0 Å². The predicted molar refractivity (Wildman–Crippen MR) is 103 cm³/mol. The van der Waals surface area contributed by atoms with Crippen molar-refractivity contribution < 1.29 is 13.9 Å². The van der Waals surface area contributed by atoms with E-state index in [1.54, 1.807) is 0 Å². The highest BCUT2D eigenvalue weighted by molar-refractivity contribution is 5.56. The maximum absolute atomic E-state index is 13.4. The van der Waals surface area contributed by atoms with Crippen molar-refractivity contribution in [3.63, 3.8) is 0 Å². The lowest BCUT2D eigenvalue weighted by atomic mass is 10.0. The predicted octanol–water partition coefficient (Wildman–Crippen LogP) is 4.61. The Labute approximate surface area is 158 Å². The minimum Gasteiger partial charge on any atom is -0.490 e. The Morgan fingerprint density at radius 3 is 2.44 bits per heavy atom. The fourth-order valence-electron chi connectivity index (χ4n) is 3.60. The number of benzene rings is 2. The van der Waals surface area contributed by atoms with Crippen LogP contribution in [0.2, 0.25) is 0 Å². The standard InChI is InChI=1S/C22H23FN2O2/c1-3-26-20-12-16-14-24-22(15-7-9-17(23)10-8-15)18-6-5-11-25(18)19(16)13-21(20)27-4-2/h5-13,22,24H,3-4,14H2,1-2H3. The van der Waals surface area contributed by atoms with Crippen LogP contribution in [0.3, 0.4) is 0 Å². The van der Waals surface area contributed by atoms with Gasteiger partial charge in [-0.2, -0.15) is 0 Å². The zero-order valence-corrected chi connectivity index (χ0v) is 15.5. The molecule has 0 spiro atoms. The first-order chi connectivity index (χ1) is 13.2. The summed E-state index contributed by atoms with van der Waals surface area (Å²) in [6.45, 7) is 5.77. The molecule has 0 amide bonds. The van der Waals surface area contributed by atoms with Crippen LogP contribution in [0.1, 0.15) is 36.7 Å². The van der Waals surface area contributed by atoms with Gasteiger partial charge in [0.15, 0.2) is 11.5 Å². The molecule has 0 aliphatic carbocycles. The number of ether oxygens (including phenoxy) is 2. The van der Waals surface area contributed by atoms with Gasteiger partial charge in [-0.1, -0.05) is 12.1 Å². The van der Waals surface area contributed by atoms with Gasteiger partial charge >= 0.3 is 0 Å². The Morgan fingerprint density at radius 2 is 1.74 bits per heavy atom. The molecule has 2 aromatic carbocycles. The number of halogens is 1. The molecular formula is C22H23FN2O2. The Balaban J connectivity index is 1.81. The van der Waals surface area contributed by atoms with Gasteiger partial charge in [0.05, 0.1) is 24.9 Å². The molecule has 1 aliphatic rings. The molecule has 5 heteroatoms. The molecule has 0 bridgehead atoms. The highest BCUT2D eigenvalue weighted by atomic mass is 19.1. The summed E-state index contributed by atoms with van der Waals surface area (Å²) in [6.07, 6.45) is 2.05. The topological polar surface area (TPSA) is 35.4 Å². The first kappa shape index (κ1) is 17.6. The molecule has 0 fully saturated rings. The average molecular weight is 366 g/mol. The second-order valence-electron chi connectivity index (χ2n) is 6.46. The molecule has 1 atom stereocenters. The molecule has 0 saturated carbocycles. The third-order valence-electron chi connectivity index (χ3n) is 4.78. The van der Waals surface area contributed by atoms with Crippen molar-refractivity contribution in [2.24, 2.45) is 0 Å². The number of aromatic nitrogens is 1. The lowest BCUT2D eigenvalue weighted by molar-refractivity contribution is 0.287. The average Bonchev–Trinajstić information content (AvgIpc) is 3.09. The van der Waals surface area contributed by atoms with Gasteiger partial charge in [-0.15, -0.1) is 0 Å². The third-order valence-corrected chi connectivity index (χ3v) is 4.78. The molecule has 2 heterocycles. The zero-order chi connectivity index (χ0) is 18.8. The number of hydrogen-bond acceptors (Lipinski definition) is 3. The van der Waals surface area contributed by atoms with Crippen LogP contribution in [0.15, 0.2) is 54.7 Å². The maximum atomic E-state index is 13.4. The Morgan fingerprint density at radius 1 is 1.04 bits per heavy atom. The summed E-state index contributed by atoms with van der Waals surface area (Å²) in [5, 5.41) is 3.60. The van der Waals surface area contributed by atoms with Gasteiger partial charge in [0.2, 0.25) is 0 Å². The zero-order valence-electron chi connectivity index (χ0n) is 15.5. The van der Waals surface area contributed by atoms with Gasteiger partial charge in [0.25, 0.3) is 0 Å². The third kappa shape index (κ3) is 3.30. The van der Waals surface area contributed by atoms with E-state index < -0.39 is 0 Å². The van der Waals surface area contributed by atoms with E-state index in [4.69, 9.17) is 9.47 Å². The molecule has 1 N–H and O–H groups in total. The summed E-state index contributed by atoms with van der Waals surface area (Å²) in [6, 6.07) is 14.8. The van der Waals surface area contributed by atoms with Gasteiger partial charge in [0.1, 0.15) is 5.82 Å². The summed E-state index contributed by atoms with van der Waals surface area (Å²) < 4.78 is 27.1. The molecule has 3 aromatic rings. The van der Waals surface area contributed by atoms with Crippen LogP contribution in [0.25, 0.3) is 5.69 Å². The van der Waals surface area contributed by atoms with E-state index in [2.05, 4.69) is 16.0 Å². The monoisotopic (exact) mass is 366 g/mol. The van der Waals surface area contributed by atoms with Crippen molar-refractivity contribution in [2.75, 3.05) is 13.2 Å². The van der Waals surface area contributed by atoms with Crippen LogP contribution in [-0.4, -0.2) is 17.8 Å². The second-order valence-corrected chi connectivity index (χ2v) is 6.46. The van der Waals surface area contributed by atoms with Crippen LogP contribution in [0, 0.1) is 5.82 Å². The molecule has 0 radical (unpaired) electrons. The van der Waals surface area contributed by atoms with Crippen molar-refractivity contribution in [1.82, 2.24) is 9.88 Å². The van der Waals surface area contributed by atoms with E-state index in [-0.39, 0.29) is 11.9 Å². The molecule has 27 heavy (non-hydrogen) atoms. The van der Waals surface area contributed by atoms with Crippen LogP contribution >= 0.6 is 0 Å². The summed E-state index contributed by atoms with van der Waals surface area (Å²) in [5.74, 6) is 1.28. The highest BCUT2D eigenvalue weighted by Crippen LogP contribution is 2.37. The van der Waals surface area contributed by atoms with Crippen molar-refractivity contribution in [2.45, 2.75) is 26.4 Å². The summed E-state index contributed by atoms with van der Waals surface area (Å²) in [4.78, 5) is 0.